The molecular weight excluding hydrogens is 462 g/mol. The van der Waals surface area contributed by atoms with Gasteiger partial charge in [0.15, 0.2) is 0 Å². The minimum absolute atomic E-state index is 0.00555. The molecular formula is C32H51NO4. The van der Waals surface area contributed by atoms with Gasteiger partial charge >= 0.3 is 0 Å². The van der Waals surface area contributed by atoms with Gasteiger partial charge < -0.3 is 23.5 Å². The SMILES string of the molecule is CO[C@]12CC[C@H](c3ccoc3)[C@@]1(C)CC[C@H]1[C@H]2CC[C@@H]2C[C@@H](OCCOCCN3CCCC3)CC[C@@]21C. The molecule has 4 saturated carbocycles. The van der Waals surface area contributed by atoms with Crippen molar-refractivity contribution in [3.05, 3.63) is 24.2 Å². The Bertz CT molecular complexity index is 883. The Morgan fingerprint density at radius 3 is 2.59 bits per heavy atom. The van der Waals surface area contributed by atoms with Crippen molar-refractivity contribution in [1.82, 2.24) is 4.90 Å². The van der Waals surface area contributed by atoms with Crippen LogP contribution in [0.5, 0.6) is 0 Å². The Hall–Kier alpha value is -0.880. The van der Waals surface area contributed by atoms with Crippen LogP contribution in [-0.2, 0) is 14.2 Å². The molecule has 5 nitrogen and oxygen atoms in total. The zero-order valence-corrected chi connectivity index (χ0v) is 23.7. The summed E-state index contributed by atoms with van der Waals surface area (Å²) in [6, 6.07) is 2.20. The summed E-state index contributed by atoms with van der Waals surface area (Å²) in [5.41, 5.74) is 2.02. The zero-order chi connectivity index (χ0) is 25.5. The van der Waals surface area contributed by atoms with Crippen LogP contribution in [0.15, 0.2) is 23.0 Å². The van der Waals surface area contributed by atoms with Crippen molar-refractivity contribution in [3.8, 4) is 0 Å². The highest BCUT2D eigenvalue weighted by Gasteiger charge is 2.68. The molecule has 0 radical (unpaired) electrons. The Morgan fingerprint density at radius 2 is 1.81 bits per heavy atom. The zero-order valence-electron chi connectivity index (χ0n) is 23.7. The van der Waals surface area contributed by atoms with Gasteiger partial charge in [0.25, 0.3) is 0 Å². The molecule has 8 atom stereocenters. The summed E-state index contributed by atoms with van der Waals surface area (Å²) in [4.78, 5) is 2.52. The number of methoxy groups -OCH3 is 1. The van der Waals surface area contributed by atoms with Gasteiger partial charge in [-0.05, 0) is 124 Å². The first kappa shape index (κ1) is 26.3. The molecule has 0 spiro atoms. The third-order valence-electron chi connectivity index (χ3n) is 12.4. The molecule has 5 fully saturated rings. The summed E-state index contributed by atoms with van der Waals surface area (Å²) in [7, 11) is 2.02. The van der Waals surface area contributed by atoms with Gasteiger partial charge in [-0.1, -0.05) is 13.8 Å². The fraction of sp³-hybridized carbons (Fsp3) is 0.875. The number of hydrogen-bond acceptors (Lipinski definition) is 5. The van der Waals surface area contributed by atoms with Crippen molar-refractivity contribution in [2.45, 2.75) is 102 Å². The van der Waals surface area contributed by atoms with Gasteiger partial charge in [-0.3, -0.25) is 0 Å². The number of likely N-dealkylation sites (tertiary alicyclic amines) is 1. The van der Waals surface area contributed by atoms with E-state index in [0.717, 1.165) is 38.2 Å². The van der Waals surface area contributed by atoms with E-state index in [-0.39, 0.29) is 11.0 Å². The smallest absolute Gasteiger partial charge is 0.0937 e. The molecule has 5 aliphatic rings. The molecule has 0 bridgehead atoms. The van der Waals surface area contributed by atoms with Gasteiger partial charge in [-0.2, -0.15) is 0 Å². The number of rotatable bonds is 9. The number of ether oxygens (including phenoxy) is 3. The molecule has 1 aromatic rings. The van der Waals surface area contributed by atoms with Crippen LogP contribution in [0.3, 0.4) is 0 Å². The van der Waals surface area contributed by atoms with Gasteiger partial charge in [0, 0.05) is 19.1 Å². The van der Waals surface area contributed by atoms with Crippen molar-refractivity contribution < 1.29 is 18.6 Å². The molecule has 0 unspecified atom stereocenters. The topological polar surface area (TPSA) is 44.1 Å². The first-order chi connectivity index (χ1) is 18.0. The van der Waals surface area contributed by atoms with Crippen molar-refractivity contribution in [2.75, 3.05) is 46.6 Å². The normalized spacial score (nSPS) is 43.9. The van der Waals surface area contributed by atoms with Crippen molar-refractivity contribution >= 4 is 0 Å². The minimum Gasteiger partial charge on any atom is -0.472 e. The first-order valence-corrected chi connectivity index (χ1v) is 15.5. The lowest BCUT2D eigenvalue weighted by atomic mass is 9.43. The van der Waals surface area contributed by atoms with E-state index >= 15 is 0 Å². The molecule has 37 heavy (non-hydrogen) atoms. The van der Waals surface area contributed by atoms with Crippen LogP contribution in [0.4, 0.5) is 0 Å². The van der Waals surface area contributed by atoms with Gasteiger partial charge in [0.2, 0.25) is 0 Å². The van der Waals surface area contributed by atoms with Crippen molar-refractivity contribution in [3.63, 3.8) is 0 Å². The number of hydrogen-bond donors (Lipinski definition) is 0. The van der Waals surface area contributed by atoms with E-state index in [1.807, 2.05) is 19.6 Å². The van der Waals surface area contributed by atoms with Gasteiger partial charge in [0.05, 0.1) is 44.1 Å². The molecule has 0 N–H and O–H groups in total. The quantitative estimate of drug-likeness (QED) is 0.345. The lowest BCUT2D eigenvalue weighted by Gasteiger charge is -2.64. The van der Waals surface area contributed by atoms with Gasteiger partial charge in [0.1, 0.15) is 0 Å². The molecule has 6 rings (SSSR count). The minimum atomic E-state index is 0.00555. The second-order valence-electron chi connectivity index (χ2n) is 13.6. The van der Waals surface area contributed by atoms with E-state index in [4.69, 9.17) is 18.6 Å². The Kier molecular flexibility index (Phi) is 7.54. The first-order valence-electron chi connectivity index (χ1n) is 15.5. The van der Waals surface area contributed by atoms with E-state index < -0.39 is 0 Å². The molecule has 4 aliphatic carbocycles. The maximum atomic E-state index is 6.69. The number of fused-ring (bicyclic) bond motifs is 5. The Labute approximate surface area is 225 Å². The maximum absolute atomic E-state index is 6.69. The fourth-order valence-electron chi connectivity index (χ4n) is 10.4. The summed E-state index contributed by atoms with van der Waals surface area (Å²) in [6.45, 7) is 11.1. The highest BCUT2D eigenvalue weighted by Crippen LogP contribution is 2.71. The average molecular weight is 514 g/mol. The Balaban J connectivity index is 1.05. The van der Waals surface area contributed by atoms with E-state index in [9.17, 15) is 0 Å². The summed E-state index contributed by atoms with van der Waals surface area (Å²) in [5.74, 6) is 2.79. The monoisotopic (exact) mass is 513 g/mol. The molecule has 208 valence electrons. The van der Waals surface area contributed by atoms with E-state index in [0.29, 0.717) is 23.4 Å². The average Bonchev–Trinajstić information content (AvgIpc) is 3.66. The van der Waals surface area contributed by atoms with E-state index in [1.165, 1.54) is 89.3 Å². The van der Waals surface area contributed by atoms with Crippen LogP contribution < -0.4 is 0 Å². The largest absolute Gasteiger partial charge is 0.472 e. The number of furan rings is 1. The summed E-state index contributed by atoms with van der Waals surface area (Å²) in [5, 5.41) is 0. The highest BCUT2D eigenvalue weighted by atomic mass is 16.5. The van der Waals surface area contributed by atoms with Crippen LogP contribution in [0.25, 0.3) is 0 Å². The second-order valence-corrected chi connectivity index (χ2v) is 13.6. The van der Waals surface area contributed by atoms with E-state index in [1.54, 1.807) is 0 Å². The summed E-state index contributed by atoms with van der Waals surface area (Å²) < 4.78 is 24.5. The molecule has 1 aliphatic heterocycles. The van der Waals surface area contributed by atoms with Crippen LogP contribution in [0, 0.1) is 28.6 Å². The summed E-state index contributed by atoms with van der Waals surface area (Å²) >= 11 is 0. The standard InChI is InChI=1S/C32H51NO4/c1-30-12-8-26(37-21-20-35-19-17-33-15-4-5-16-33)22-25(30)6-7-29-28(30)9-13-31(2)27(24-11-18-36-23-24)10-14-32(29,31)34-3/h11,18,23,25-29H,4-10,12-17,19-22H2,1-3H3/t25-,26+,27-,28+,29-,30+,31-,32+/m1/s1. The van der Waals surface area contributed by atoms with Crippen LogP contribution in [0.2, 0.25) is 0 Å². The van der Waals surface area contributed by atoms with Crippen molar-refractivity contribution in [2.24, 2.45) is 28.6 Å². The van der Waals surface area contributed by atoms with Crippen LogP contribution >= 0.6 is 0 Å². The third kappa shape index (κ3) is 4.44. The van der Waals surface area contributed by atoms with Crippen LogP contribution in [0.1, 0.15) is 96.0 Å². The maximum Gasteiger partial charge on any atom is 0.0937 e. The molecule has 1 aromatic heterocycles. The number of nitrogens with zero attached hydrogens (tertiary/aromatic N) is 1. The second kappa shape index (κ2) is 10.6. The van der Waals surface area contributed by atoms with Crippen LogP contribution in [-0.4, -0.2) is 63.2 Å². The predicted octanol–water partition coefficient (Wildman–Crippen LogP) is 6.67. The fourth-order valence-corrected chi connectivity index (χ4v) is 10.4. The van der Waals surface area contributed by atoms with Crippen molar-refractivity contribution in [1.29, 1.82) is 0 Å². The highest BCUT2D eigenvalue weighted by molar-refractivity contribution is 5.27. The Morgan fingerprint density at radius 1 is 0.946 bits per heavy atom. The molecule has 0 aromatic carbocycles. The lowest BCUT2D eigenvalue weighted by Crippen LogP contribution is -2.62. The molecule has 2 heterocycles. The molecule has 5 heteroatoms. The lowest BCUT2D eigenvalue weighted by molar-refractivity contribution is -0.220. The molecule has 0 amide bonds. The van der Waals surface area contributed by atoms with Gasteiger partial charge in [-0.15, -0.1) is 0 Å². The summed E-state index contributed by atoms with van der Waals surface area (Å²) in [6.07, 6.45) is 18.4. The predicted molar refractivity (Wildman–Crippen MR) is 146 cm³/mol. The molecule has 1 saturated heterocycles. The van der Waals surface area contributed by atoms with E-state index in [2.05, 4.69) is 24.8 Å². The third-order valence-corrected chi connectivity index (χ3v) is 12.4. The van der Waals surface area contributed by atoms with Gasteiger partial charge in [-0.25, -0.2) is 0 Å².